The first-order valence-corrected chi connectivity index (χ1v) is 6.01. The van der Waals surface area contributed by atoms with Crippen LogP contribution < -0.4 is 5.73 Å². The Morgan fingerprint density at radius 3 is 3.00 bits per heavy atom. The molecule has 2 N–H and O–H groups in total. The third kappa shape index (κ3) is 1.69. The van der Waals surface area contributed by atoms with Gasteiger partial charge in [0.15, 0.2) is 0 Å². The van der Waals surface area contributed by atoms with Crippen LogP contribution in [-0.2, 0) is 6.54 Å². The molecule has 0 amide bonds. The number of nitrogen functional groups attached to an aromatic ring is 1. The van der Waals surface area contributed by atoms with Crippen LogP contribution in [0.2, 0.25) is 0 Å². The van der Waals surface area contributed by atoms with Gasteiger partial charge in [-0.15, -0.1) is 6.58 Å². The van der Waals surface area contributed by atoms with Crippen molar-refractivity contribution in [2.45, 2.75) is 31.7 Å². The largest absolute Gasteiger partial charge is 0.383 e. The molecule has 17 heavy (non-hydrogen) atoms. The molecule has 3 rings (SSSR count). The summed E-state index contributed by atoms with van der Waals surface area (Å²) in [7, 11) is 0. The number of allylic oxidation sites excluding steroid dienone is 1. The molecule has 0 unspecified atom stereocenters. The van der Waals surface area contributed by atoms with Crippen LogP contribution >= 0.6 is 0 Å². The van der Waals surface area contributed by atoms with Crippen molar-refractivity contribution in [3.05, 3.63) is 30.7 Å². The van der Waals surface area contributed by atoms with Crippen LogP contribution in [0.4, 0.5) is 5.82 Å². The molecule has 1 fully saturated rings. The molecule has 0 radical (unpaired) electrons. The van der Waals surface area contributed by atoms with Crippen molar-refractivity contribution < 1.29 is 0 Å². The van der Waals surface area contributed by atoms with Crippen LogP contribution in [0.3, 0.4) is 0 Å². The van der Waals surface area contributed by atoms with Gasteiger partial charge < -0.3 is 10.3 Å². The zero-order valence-corrected chi connectivity index (χ0v) is 9.76. The Balaban J connectivity index is 2.15. The molecule has 4 nitrogen and oxygen atoms in total. The number of aryl methyl sites for hydroxylation is 1. The Kier molecular flexibility index (Phi) is 2.35. The summed E-state index contributed by atoms with van der Waals surface area (Å²) < 4.78 is 2.17. The van der Waals surface area contributed by atoms with Crippen molar-refractivity contribution >= 4 is 16.9 Å². The molecule has 2 heterocycles. The number of anilines is 1. The maximum absolute atomic E-state index is 5.98. The minimum absolute atomic E-state index is 0.606. The summed E-state index contributed by atoms with van der Waals surface area (Å²) >= 11 is 0. The zero-order valence-electron chi connectivity index (χ0n) is 9.76. The average molecular weight is 228 g/mol. The van der Waals surface area contributed by atoms with Crippen LogP contribution in [0.25, 0.3) is 11.0 Å². The van der Waals surface area contributed by atoms with Crippen LogP contribution in [0.1, 0.15) is 30.7 Å². The molecule has 2 aromatic rings. The van der Waals surface area contributed by atoms with E-state index in [1.54, 1.807) is 6.33 Å². The topological polar surface area (TPSA) is 56.7 Å². The number of nitrogens with zero attached hydrogens (tertiary/aromatic N) is 3. The Morgan fingerprint density at radius 1 is 1.47 bits per heavy atom. The van der Waals surface area contributed by atoms with E-state index in [0.717, 1.165) is 24.0 Å². The summed E-state index contributed by atoms with van der Waals surface area (Å²) in [6, 6.07) is 0. The molecule has 0 bridgehead atoms. The van der Waals surface area contributed by atoms with E-state index in [9.17, 15) is 0 Å². The molecule has 88 valence electrons. The number of hydrogen-bond donors (Lipinski definition) is 1. The Bertz CT molecular complexity index is 566. The van der Waals surface area contributed by atoms with E-state index in [4.69, 9.17) is 5.73 Å². The van der Waals surface area contributed by atoms with E-state index in [-0.39, 0.29) is 0 Å². The van der Waals surface area contributed by atoms with E-state index in [1.807, 2.05) is 6.08 Å². The molecule has 1 aliphatic rings. The summed E-state index contributed by atoms with van der Waals surface area (Å²) in [5.74, 6) is 1.27. The van der Waals surface area contributed by atoms with Gasteiger partial charge >= 0.3 is 0 Å². The molecule has 0 atom stereocenters. The highest BCUT2D eigenvalue weighted by Gasteiger charge is 2.28. The maximum atomic E-state index is 5.98. The molecule has 0 spiro atoms. The molecule has 0 aliphatic heterocycles. The zero-order chi connectivity index (χ0) is 11.8. The van der Waals surface area contributed by atoms with Gasteiger partial charge in [0, 0.05) is 12.7 Å². The predicted octanol–water partition coefficient (Wildman–Crippen LogP) is 2.47. The average Bonchev–Trinajstić information content (AvgIpc) is 3.10. The monoisotopic (exact) mass is 228 g/mol. The van der Waals surface area contributed by atoms with Crippen molar-refractivity contribution in [2.75, 3.05) is 5.73 Å². The highest BCUT2D eigenvalue weighted by atomic mass is 15.1. The van der Waals surface area contributed by atoms with E-state index < -0.39 is 0 Å². The molecular formula is C13H16N4. The number of rotatable bonds is 4. The molecular weight excluding hydrogens is 212 g/mol. The van der Waals surface area contributed by atoms with Crippen LogP contribution in [0, 0.1) is 0 Å². The third-order valence-electron chi connectivity index (χ3n) is 3.30. The lowest BCUT2D eigenvalue weighted by Crippen LogP contribution is -1.98. The summed E-state index contributed by atoms with van der Waals surface area (Å²) in [5, 5.41) is 1.05. The fourth-order valence-electron chi connectivity index (χ4n) is 2.28. The Hall–Kier alpha value is -1.84. The second-order valence-electron chi connectivity index (χ2n) is 4.59. The van der Waals surface area contributed by atoms with E-state index in [2.05, 4.69) is 27.3 Å². The molecule has 0 saturated heterocycles. The fraction of sp³-hybridized carbons (Fsp3) is 0.385. The quantitative estimate of drug-likeness (QED) is 0.818. The lowest BCUT2D eigenvalue weighted by atomic mass is 10.1. The van der Waals surface area contributed by atoms with Crippen LogP contribution in [0.15, 0.2) is 25.2 Å². The second kappa shape index (κ2) is 3.87. The third-order valence-corrected chi connectivity index (χ3v) is 3.30. The van der Waals surface area contributed by atoms with Gasteiger partial charge in [0.1, 0.15) is 17.8 Å². The van der Waals surface area contributed by atoms with Crippen LogP contribution in [-0.4, -0.2) is 14.5 Å². The minimum Gasteiger partial charge on any atom is -0.383 e. The van der Waals surface area contributed by atoms with Gasteiger partial charge in [-0.2, -0.15) is 0 Å². The maximum Gasteiger partial charge on any atom is 0.145 e. The SMILES string of the molecule is C=CCCn1cc(C2CC2)c2c(N)ncnc21. The van der Waals surface area contributed by atoms with Crippen molar-refractivity contribution in [2.24, 2.45) is 0 Å². The van der Waals surface area contributed by atoms with E-state index in [0.29, 0.717) is 11.7 Å². The molecule has 1 saturated carbocycles. The Labute approximate surface area is 100 Å². The first kappa shape index (κ1) is 10.3. The fourth-order valence-corrected chi connectivity index (χ4v) is 2.28. The summed E-state index contributed by atoms with van der Waals surface area (Å²) in [6.07, 6.45) is 9.12. The summed E-state index contributed by atoms with van der Waals surface area (Å²) in [6.45, 7) is 4.66. The number of nitrogens with two attached hydrogens (primary N) is 1. The first-order chi connectivity index (χ1) is 8.31. The van der Waals surface area contributed by atoms with Gasteiger partial charge in [0.2, 0.25) is 0 Å². The van der Waals surface area contributed by atoms with Gasteiger partial charge in [0.25, 0.3) is 0 Å². The van der Waals surface area contributed by atoms with Crippen molar-refractivity contribution in [3.63, 3.8) is 0 Å². The number of aromatic nitrogens is 3. The standard InChI is InChI=1S/C13H16N4/c1-2-3-6-17-7-10(9-4-5-9)11-12(14)15-8-16-13(11)17/h2,7-9H,1,3-6H2,(H2,14,15,16). The Morgan fingerprint density at radius 2 is 2.29 bits per heavy atom. The van der Waals surface area contributed by atoms with Gasteiger partial charge in [-0.05, 0) is 30.7 Å². The van der Waals surface area contributed by atoms with Crippen LogP contribution in [0.5, 0.6) is 0 Å². The number of hydrogen-bond acceptors (Lipinski definition) is 3. The smallest absolute Gasteiger partial charge is 0.145 e. The highest BCUT2D eigenvalue weighted by Crippen LogP contribution is 2.44. The van der Waals surface area contributed by atoms with Crippen molar-refractivity contribution in [1.29, 1.82) is 0 Å². The lowest BCUT2D eigenvalue weighted by Gasteiger charge is -2.01. The second-order valence-corrected chi connectivity index (χ2v) is 4.59. The minimum atomic E-state index is 0.606. The number of fused-ring (bicyclic) bond motifs is 1. The first-order valence-electron chi connectivity index (χ1n) is 6.01. The van der Waals surface area contributed by atoms with Gasteiger partial charge in [-0.3, -0.25) is 0 Å². The molecule has 2 aromatic heterocycles. The van der Waals surface area contributed by atoms with Crippen molar-refractivity contribution in [3.8, 4) is 0 Å². The lowest BCUT2D eigenvalue weighted by molar-refractivity contribution is 0.728. The van der Waals surface area contributed by atoms with Gasteiger partial charge in [-0.25, -0.2) is 9.97 Å². The van der Waals surface area contributed by atoms with Gasteiger partial charge in [-0.1, -0.05) is 6.08 Å². The van der Waals surface area contributed by atoms with Gasteiger partial charge in [0.05, 0.1) is 5.39 Å². The van der Waals surface area contributed by atoms with E-state index in [1.165, 1.54) is 18.4 Å². The molecule has 4 heteroatoms. The molecule has 0 aromatic carbocycles. The predicted molar refractivity (Wildman–Crippen MR) is 68.7 cm³/mol. The normalized spacial score (nSPS) is 15.3. The summed E-state index contributed by atoms with van der Waals surface area (Å²) in [4.78, 5) is 8.47. The highest BCUT2D eigenvalue weighted by molar-refractivity contribution is 5.90. The van der Waals surface area contributed by atoms with E-state index >= 15 is 0 Å². The molecule has 1 aliphatic carbocycles. The van der Waals surface area contributed by atoms with Crippen molar-refractivity contribution in [1.82, 2.24) is 14.5 Å². The summed E-state index contributed by atoms with van der Waals surface area (Å²) in [5.41, 5.74) is 8.26.